The number of nitro benzene ring substituents is 1. The van der Waals surface area contributed by atoms with Crippen LogP contribution in [0.2, 0.25) is 0 Å². The van der Waals surface area contributed by atoms with Crippen LogP contribution in [0.4, 0.5) is 5.69 Å². The lowest BCUT2D eigenvalue weighted by Gasteiger charge is -2.23. The maximum Gasteiger partial charge on any atom is 0.269 e. The minimum Gasteiger partial charge on any atom is -0.348 e. The van der Waals surface area contributed by atoms with Crippen molar-refractivity contribution >= 4 is 24.0 Å². The van der Waals surface area contributed by atoms with Crippen LogP contribution in [-0.2, 0) is 7.05 Å². The van der Waals surface area contributed by atoms with Crippen LogP contribution < -0.4 is 10.6 Å². The molecule has 0 aliphatic carbocycles. The molecule has 1 saturated heterocycles. The van der Waals surface area contributed by atoms with Crippen molar-refractivity contribution in [2.24, 2.45) is 7.05 Å². The Balaban J connectivity index is 0.00000225. The van der Waals surface area contributed by atoms with Crippen molar-refractivity contribution in [3.63, 3.8) is 0 Å². The fraction of sp³-hybridized carbons (Fsp3) is 0.375. The van der Waals surface area contributed by atoms with Crippen molar-refractivity contribution in [1.29, 1.82) is 0 Å². The molecule has 1 fully saturated rings. The molecule has 1 amide bonds. The van der Waals surface area contributed by atoms with Crippen molar-refractivity contribution in [3.05, 3.63) is 46.1 Å². The van der Waals surface area contributed by atoms with Crippen LogP contribution in [0, 0.1) is 10.1 Å². The minimum atomic E-state index is -0.452. The topological polar surface area (TPSA) is 102 Å². The number of nitro groups is 1. The Morgan fingerprint density at radius 3 is 2.72 bits per heavy atom. The van der Waals surface area contributed by atoms with Crippen LogP contribution in [0.15, 0.2) is 30.5 Å². The maximum atomic E-state index is 12.6. The van der Waals surface area contributed by atoms with E-state index in [0.29, 0.717) is 16.8 Å². The zero-order valence-corrected chi connectivity index (χ0v) is 14.6. The zero-order chi connectivity index (χ0) is 17.1. The van der Waals surface area contributed by atoms with Gasteiger partial charge in [-0.2, -0.15) is 5.10 Å². The number of rotatable bonds is 4. The highest BCUT2D eigenvalue weighted by molar-refractivity contribution is 6.00. The molecule has 8 nitrogen and oxygen atoms in total. The predicted molar refractivity (Wildman–Crippen MR) is 95.9 cm³/mol. The van der Waals surface area contributed by atoms with Gasteiger partial charge in [0.2, 0.25) is 0 Å². The molecular formula is C16H20ClN5O3. The van der Waals surface area contributed by atoms with Crippen molar-refractivity contribution in [2.75, 3.05) is 13.1 Å². The molecule has 0 spiro atoms. The van der Waals surface area contributed by atoms with Crippen LogP contribution >= 0.6 is 12.4 Å². The molecular weight excluding hydrogens is 346 g/mol. The summed E-state index contributed by atoms with van der Waals surface area (Å²) >= 11 is 0. The van der Waals surface area contributed by atoms with E-state index in [9.17, 15) is 14.9 Å². The fourth-order valence-electron chi connectivity index (χ4n) is 2.85. The highest BCUT2D eigenvalue weighted by Crippen LogP contribution is 2.24. The molecule has 1 aromatic heterocycles. The number of halogens is 1. The van der Waals surface area contributed by atoms with Gasteiger partial charge in [-0.3, -0.25) is 19.6 Å². The van der Waals surface area contributed by atoms with Crippen LogP contribution in [0.3, 0.4) is 0 Å². The standard InChI is InChI=1S/C16H19N5O3.ClH/c1-20-10-14(16(22)18-12-3-2-8-17-9-12)15(19-20)11-4-6-13(7-5-11)21(23)24;/h4-7,10,12,17H,2-3,8-9H2,1H3,(H,18,22);1H. The average Bonchev–Trinajstić information content (AvgIpc) is 2.98. The number of hydrogen-bond donors (Lipinski definition) is 2. The van der Waals surface area contributed by atoms with Gasteiger partial charge in [-0.15, -0.1) is 12.4 Å². The first-order valence-electron chi connectivity index (χ1n) is 7.84. The van der Waals surface area contributed by atoms with Crippen LogP contribution in [-0.4, -0.2) is 39.7 Å². The summed E-state index contributed by atoms with van der Waals surface area (Å²) in [6.45, 7) is 1.74. The van der Waals surface area contributed by atoms with E-state index in [1.807, 2.05) is 0 Å². The third-order valence-electron chi connectivity index (χ3n) is 4.06. The smallest absolute Gasteiger partial charge is 0.269 e. The number of carbonyl (C=O) groups excluding carboxylic acids is 1. The second kappa shape index (κ2) is 8.09. The van der Waals surface area contributed by atoms with Crippen molar-refractivity contribution in [1.82, 2.24) is 20.4 Å². The summed E-state index contributed by atoms with van der Waals surface area (Å²) in [6.07, 6.45) is 3.65. The van der Waals surface area contributed by atoms with E-state index in [-0.39, 0.29) is 30.0 Å². The van der Waals surface area contributed by atoms with Gasteiger partial charge in [-0.1, -0.05) is 0 Å². The predicted octanol–water partition coefficient (Wildman–Crippen LogP) is 1.90. The molecule has 134 valence electrons. The number of carbonyl (C=O) groups is 1. The van der Waals surface area contributed by atoms with E-state index < -0.39 is 4.92 Å². The van der Waals surface area contributed by atoms with Gasteiger partial charge >= 0.3 is 0 Å². The number of nitrogens with zero attached hydrogens (tertiary/aromatic N) is 3. The molecule has 1 atom stereocenters. The van der Waals surface area contributed by atoms with Gasteiger partial charge in [0.15, 0.2) is 0 Å². The monoisotopic (exact) mass is 365 g/mol. The van der Waals surface area contributed by atoms with Gasteiger partial charge in [0, 0.05) is 43.5 Å². The summed E-state index contributed by atoms with van der Waals surface area (Å²) in [5.41, 5.74) is 1.67. The molecule has 2 aromatic rings. The molecule has 1 aliphatic rings. The molecule has 1 aliphatic heterocycles. The Labute approximate surface area is 151 Å². The Morgan fingerprint density at radius 1 is 1.40 bits per heavy atom. The normalized spacial score (nSPS) is 16.8. The van der Waals surface area contributed by atoms with Gasteiger partial charge in [0.1, 0.15) is 5.69 Å². The Kier molecular flexibility index (Phi) is 6.11. The Hall–Kier alpha value is -2.45. The summed E-state index contributed by atoms with van der Waals surface area (Å²) in [6, 6.07) is 6.16. The molecule has 0 saturated carbocycles. The quantitative estimate of drug-likeness (QED) is 0.636. The molecule has 25 heavy (non-hydrogen) atoms. The number of amides is 1. The van der Waals surface area contributed by atoms with E-state index in [1.54, 1.807) is 30.1 Å². The molecule has 1 aromatic carbocycles. The van der Waals surface area contributed by atoms with Crippen LogP contribution in [0.25, 0.3) is 11.3 Å². The molecule has 3 rings (SSSR count). The van der Waals surface area contributed by atoms with Crippen molar-refractivity contribution in [3.8, 4) is 11.3 Å². The van der Waals surface area contributed by atoms with Gasteiger partial charge in [0.05, 0.1) is 10.5 Å². The number of aromatic nitrogens is 2. The van der Waals surface area contributed by atoms with E-state index in [0.717, 1.165) is 25.9 Å². The maximum absolute atomic E-state index is 12.6. The number of piperidine rings is 1. The van der Waals surface area contributed by atoms with Gasteiger partial charge in [0.25, 0.3) is 11.6 Å². The number of non-ortho nitro benzene ring substituents is 1. The lowest BCUT2D eigenvalue weighted by atomic mass is 10.0. The van der Waals surface area contributed by atoms with Crippen LogP contribution in [0.1, 0.15) is 23.2 Å². The third-order valence-corrected chi connectivity index (χ3v) is 4.06. The van der Waals surface area contributed by atoms with Crippen molar-refractivity contribution in [2.45, 2.75) is 18.9 Å². The summed E-state index contributed by atoms with van der Waals surface area (Å²) in [7, 11) is 1.74. The lowest BCUT2D eigenvalue weighted by molar-refractivity contribution is -0.384. The Bertz CT molecular complexity index is 754. The molecule has 1 unspecified atom stereocenters. The number of nitrogens with one attached hydrogen (secondary N) is 2. The van der Waals surface area contributed by atoms with E-state index in [2.05, 4.69) is 15.7 Å². The first-order chi connectivity index (χ1) is 11.5. The molecule has 0 bridgehead atoms. The molecule has 0 radical (unpaired) electrons. The first kappa shape index (κ1) is 18.9. The number of hydrogen-bond acceptors (Lipinski definition) is 5. The highest BCUT2D eigenvalue weighted by atomic mass is 35.5. The van der Waals surface area contributed by atoms with Gasteiger partial charge in [-0.25, -0.2) is 0 Å². The van der Waals surface area contributed by atoms with E-state index in [4.69, 9.17) is 0 Å². The van der Waals surface area contributed by atoms with Gasteiger partial charge in [-0.05, 0) is 31.5 Å². The molecule has 2 heterocycles. The second-order valence-electron chi connectivity index (χ2n) is 5.89. The summed E-state index contributed by atoms with van der Waals surface area (Å²) < 4.78 is 1.57. The van der Waals surface area contributed by atoms with E-state index >= 15 is 0 Å². The van der Waals surface area contributed by atoms with E-state index in [1.165, 1.54) is 12.1 Å². The fourth-order valence-corrected chi connectivity index (χ4v) is 2.85. The lowest BCUT2D eigenvalue weighted by Crippen LogP contribution is -2.45. The first-order valence-corrected chi connectivity index (χ1v) is 7.84. The average molecular weight is 366 g/mol. The molecule has 9 heteroatoms. The summed E-state index contributed by atoms with van der Waals surface area (Å²) in [5, 5.41) is 21.4. The molecule has 2 N–H and O–H groups in total. The SMILES string of the molecule is Cl.Cn1cc(C(=O)NC2CCCNC2)c(-c2ccc([N+](=O)[O-])cc2)n1. The number of benzene rings is 1. The number of aryl methyl sites for hydroxylation is 1. The zero-order valence-electron chi connectivity index (χ0n) is 13.8. The Morgan fingerprint density at radius 2 is 2.12 bits per heavy atom. The van der Waals surface area contributed by atoms with Gasteiger partial charge < -0.3 is 10.6 Å². The minimum absolute atomic E-state index is 0. The van der Waals surface area contributed by atoms with Crippen LogP contribution in [0.5, 0.6) is 0 Å². The summed E-state index contributed by atoms with van der Waals surface area (Å²) in [5.74, 6) is -0.176. The second-order valence-corrected chi connectivity index (χ2v) is 5.89. The highest BCUT2D eigenvalue weighted by Gasteiger charge is 2.21. The van der Waals surface area contributed by atoms with Crippen molar-refractivity contribution < 1.29 is 9.72 Å². The summed E-state index contributed by atoms with van der Waals surface area (Å²) in [4.78, 5) is 22.9. The largest absolute Gasteiger partial charge is 0.348 e. The third kappa shape index (κ3) is 4.34.